The summed E-state index contributed by atoms with van der Waals surface area (Å²) in [5, 5.41) is 0. The van der Waals surface area contributed by atoms with Gasteiger partial charge in [-0.05, 0) is 12.8 Å². The Balaban J connectivity index is 2.27. The first-order valence-electron chi connectivity index (χ1n) is 4.58. The lowest BCUT2D eigenvalue weighted by Gasteiger charge is -2.13. The molecule has 0 radical (unpaired) electrons. The van der Waals surface area contributed by atoms with Gasteiger partial charge in [0.1, 0.15) is 7.28 Å². The van der Waals surface area contributed by atoms with E-state index in [0.717, 1.165) is 5.82 Å². The molecule has 0 saturated carbocycles. The number of hydrogen-bond donors (Lipinski definition) is 0. The van der Waals surface area contributed by atoms with Crippen LogP contribution in [0.1, 0.15) is 32.1 Å². The second kappa shape index (κ2) is 4.59. The maximum absolute atomic E-state index is 2.35. The second-order valence-electron chi connectivity index (χ2n) is 3.25. The molecule has 0 saturated heterocycles. The van der Waals surface area contributed by atoms with Gasteiger partial charge in [0.15, 0.2) is 0 Å². The summed E-state index contributed by atoms with van der Waals surface area (Å²) in [7, 11) is 1.38. The van der Waals surface area contributed by atoms with Crippen molar-refractivity contribution in [3.05, 3.63) is 12.2 Å². The molecule has 0 aliphatic heterocycles. The van der Waals surface area contributed by atoms with E-state index < -0.39 is 0 Å². The van der Waals surface area contributed by atoms with Gasteiger partial charge in [-0.3, -0.25) is 0 Å². The molecular formula is C9H17B. The summed E-state index contributed by atoms with van der Waals surface area (Å²) in [6.07, 6.45) is 11.6. The zero-order chi connectivity index (χ0) is 7.23. The predicted octanol–water partition coefficient (Wildman–Crippen LogP) is 2.78. The standard InChI is InChI=1S/C9H17B/c1-10-9-7-5-3-2-4-6-8-9/h2-3,9-10H,4-8H2,1H3/b3-2-. The molecule has 1 heteroatoms. The van der Waals surface area contributed by atoms with Gasteiger partial charge in [-0.2, -0.15) is 0 Å². The van der Waals surface area contributed by atoms with Crippen molar-refractivity contribution in [2.75, 3.05) is 0 Å². The van der Waals surface area contributed by atoms with Crippen molar-refractivity contribution in [2.45, 2.75) is 44.7 Å². The first-order chi connectivity index (χ1) is 4.93. The van der Waals surface area contributed by atoms with E-state index in [0.29, 0.717) is 0 Å². The smallest absolute Gasteiger partial charge is 0.0891 e. The van der Waals surface area contributed by atoms with Crippen molar-refractivity contribution in [2.24, 2.45) is 0 Å². The maximum atomic E-state index is 2.35. The minimum absolute atomic E-state index is 1.02. The van der Waals surface area contributed by atoms with Crippen molar-refractivity contribution in [3.63, 3.8) is 0 Å². The first-order valence-corrected chi connectivity index (χ1v) is 4.58. The molecule has 0 spiro atoms. The third-order valence-corrected chi connectivity index (χ3v) is 2.47. The van der Waals surface area contributed by atoms with Gasteiger partial charge < -0.3 is 0 Å². The fourth-order valence-electron chi connectivity index (χ4n) is 1.64. The summed E-state index contributed by atoms with van der Waals surface area (Å²) < 4.78 is 0. The number of rotatable bonds is 1. The van der Waals surface area contributed by atoms with Crippen molar-refractivity contribution in [1.29, 1.82) is 0 Å². The van der Waals surface area contributed by atoms with Gasteiger partial charge in [0.25, 0.3) is 0 Å². The van der Waals surface area contributed by atoms with E-state index in [-0.39, 0.29) is 0 Å². The predicted molar refractivity (Wildman–Crippen MR) is 49.0 cm³/mol. The monoisotopic (exact) mass is 136 g/mol. The summed E-state index contributed by atoms with van der Waals surface area (Å²) >= 11 is 0. The number of allylic oxidation sites excluding steroid dienone is 2. The normalized spacial score (nSPS) is 30.3. The molecule has 0 aromatic heterocycles. The van der Waals surface area contributed by atoms with Gasteiger partial charge in [0, 0.05) is 0 Å². The summed E-state index contributed by atoms with van der Waals surface area (Å²) in [5.74, 6) is 1.02. The Morgan fingerprint density at radius 3 is 2.80 bits per heavy atom. The zero-order valence-electron chi connectivity index (χ0n) is 6.97. The molecule has 1 unspecified atom stereocenters. The van der Waals surface area contributed by atoms with Crippen molar-refractivity contribution in [1.82, 2.24) is 0 Å². The van der Waals surface area contributed by atoms with E-state index in [1.54, 1.807) is 0 Å². The third kappa shape index (κ3) is 2.59. The van der Waals surface area contributed by atoms with Crippen LogP contribution in [0.25, 0.3) is 0 Å². The van der Waals surface area contributed by atoms with Crippen molar-refractivity contribution < 1.29 is 0 Å². The molecule has 0 amide bonds. The fourth-order valence-corrected chi connectivity index (χ4v) is 1.64. The lowest BCUT2D eigenvalue weighted by molar-refractivity contribution is 0.632. The van der Waals surface area contributed by atoms with Crippen LogP contribution in [0.2, 0.25) is 12.6 Å². The highest BCUT2D eigenvalue weighted by Crippen LogP contribution is 2.22. The molecule has 0 heterocycles. The fraction of sp³-hybridized carbons (Fsp3) is 0.778. The lowest BCUT2D eigenvalue weighted by atomic mass is 9.62. The molecule has 1 aliphatic rings. The molecule has 1 rings (SSSR count). The van der Waals surface area contributed by atoms with E-state index in [9.17, 15) is 0 Å². The minimum atomic E-state index is 1.02. The quantitative estimate of drug-likeness (QED) is 0.384. The van der Waals surface area contributed by atoms with E-state index in [1.165, 1.54) is 39.4 Å². The third-order valence-electron chi connectivity index (χ3n) is 2.47. The topological polar surface area (TPSA) is 0 Å². The van der Waals surface area contributed by atoms with Crippen LogP contribution in [0.4, 0.5) is 0 Å². The molecule has 0 bridgehead atoms. The van der Waals surface area contributed by atoms with Crippen LogP contribution in [0.15, 0.2) is 12.2 Å². The SMILES string of the molecule is CBC1CC/C=C\CCC1. The van der Waals surface area contributed by atoms with E-state index in [2.05, 4.69) is 19.0 Å². The van der Waals surface area contributed by atoms with E-state index in [1.807, 2.05) is 0 Å². The van der Waals surface area contributed by atoms with Crippen LogP contribution in [-0.4, -0.2) is 7.28 Å². The molecule has 0 N–H and O–H groups in total. The molecule has 1 aliphatic carbocycles. The van der Waals surface area contributed by atoms with Crippen LogP contribution < -0.4 is 0 Å². The highest BCUT2D eigenvalue weighted by Gasteiger charge is 2.06. The Morgan fingerprint density at radius 2 is 2.00 bits per heavy atom. The Bertz CT molecular complexity index is 107. The van der Waals surface area contributed by atoms with E-state index >= 15 is 0 Å². The summed E-state index contributed by atoms with van der Waals surface area (Å²) in [4.78, 5) is 0. The molecule has 0 aromatic carbocycles. The highest BCUT2D eigenvalue weighted by atomic mass is 14.0. The number of hydrogen-bond acceptors (Lipinski definition) is 0. The summed E-state index contributed by atoms with van der Waals surface area (Å²) in [6.45, 7) is 2.32. The van der Waals surface area contributed by atoms with Gasteiger partial charge in [-0.15, -0.1) is 0 Å². The first kappa shape index (κ1) is 7.91. The van der Waals surface area contributed by atoms with Gasteiger partial charge in [0.2, 0.25) is 0 Å². The van der Waals surface area contributed by atoms with Crippen LogP contribution in [0.3, 0.4) is 0 Å². The Labute approximate surface area is 65.0 Å². The van der Waals surface area contributed by atoms with Gasteiger partial charge >= 0.3 is 0 Å². The minimum Gasteiger partial charge on any atom is -0.0891 e. The Morgan fingerprint density at radius 1 is 1.20 bits per heavy atom. The molecule has 0 aromatic rings. The summed E-state index contributed by atoms with van der Waals surface area (Å²) in [5.41, 5.74) is 0. The zero-order valence-corrected chi connectivity index (χ0v) is 6.97. The average molecular weight is 136 g/mol. The van der Waals surface area contributed by atoms with E-state index in [4.69, 9.17) is 0 Å². The molecule has 0 nitrogen and oxygen atoms in total. The van der Waals surface area contributed by atoms with Crippen LogP contribution in [0.5, 0.6) is 0 Å². The highest BCUT2D eigenvalue weighted by molar-refractivity contribution is 6.35. The Kier molecular flexibility index (Phi) is 3.63. The lowest BCUT2D eigenvalue weighted by Crippen LogP contribution is -2.00. The molecule has 56 valence electrons. The molecule has 1 atom stereocenters. The molecular weight excluding hydrogens is 119 g/mol. The van der Waals surface area contributed by atoms with Gasteiger partial charge in [0.05, 0.1) is 0 Å². The largest absolute Gasteiger partial charge is 0.121 e. The van der Waals surface area contributed by atoms with Crippen LogP contribution >= 0.6 is 0 Å². The second-order valence-corrected chi connectivity index (χ2v) is 3.25. The molecule has 10 heavy (non-hydrogen) atoms. The van der Waals surface area contributed by atoms with Crippen LogP contribution in [-0.2, 0) is 0 Å². The van der Waals surface area contributed by atoms with Crippen molar-refractivity contribution >= 4 is 7.28 Å². The van der Waals surface area contributed by atoms with Crippen molar-refractivity contribution in [3.8, 4) is 0 Å². The average Bonchev–Trinajstić information content (AvgIpc) is 1.87. The van der Waals surface area contributed by atoms with Crippen LogP contribution in [0, 0.1) is 0 Å². The maximum Gasteiger partial charge on any atom is 0.121 e. The molecule has 0 fully saturated rings. The Hall–Kier alpha value is -0.195. The van der Waals surface area contributed by atoms with Gasteiger partial charge in [-0.1, -0.05) is 44.1 Å². The summed E-state index contributed by atoms with van der Waals surface area (Å²) in [6, 6.07) is 0. The van der Waals surface area contributed by atoms with Gasteiger partial charge in [-0.25, -0.2) is 0 Å².